The van der Waals surface area contributed by atoms with Gasteiger partial charge in [0.25, 0.3) is 0 Å². The summed E-state index contributed by atoms with van der Waals surface area (Å²) in [6.45, 7) is 0.384. The van der Waals surface area contributed by atoms with Crippen LogP contribution in [0.15, 0.2) is 18.3 Å². The number of hydrogen-bond donors (Lipinski definition) is 0. The molecule has 0 radical (unpaired) electrons. The zero-order valence-corrected chi connectivity index (χ0v) is 11.8. The van der Waals surface area contributed by atoms with E-state index in [4.69, 9.17) is 14.2 Å². The highest BCUT2D eigenvalue weighted by Crippen LogP contribution is 2.08. The fraction of sp³-hybridized carbons (Fsp3) is 0.538. The number of amides is 1. The van der Waals surface area contributed by atoms with Gasteiger partial charge in [-0.05, 0) is 5.56 Å². The third kappa shape index (κ3) is 4.84. The molecular weight excluding hydrogens is 248 g/mol. The molecule has 1 heterocycles. The number of hydrogen-bond acceptors (Lipinski definition) is 5. The first-order chi connectivity index (χ1) is 9.10. The van der Waals surface area contributed by atoms with E-state index in [9.17, 15) is 4.79 Å². The molecule has 1 amide bonds. The minimum absolute atomic E-state index is 0.0222. The van der Waals surface area contributed by atoms with Crippen LogP contribution in [-0.2, 0) is 20.7 Å². The molecule has 0 bridgehead atoms. The third-order valence-corrected chi connectivity index (χ3v) is 2.74. The summed E-state index contributed by atoms with van der Waals surface area (Å²) in [7, 11) is 6.35. The van der Waals surface area contributed by atoms with Crippen LogP contribution in [0.25, 0.3) is 0 Å². The van der Waals surface area contributed by atoms with Gasteiger partial charge < -0.3 is 19.1 Å². The highest BCUT2D eigenvalue weighted by molar-refractivity contribution is 5.78. The van der Waals surface area contributed by atoms with Crippen LogP contribution in [-0.4, -0.2) is 57.0 Å². The van der Waals surface area contributed by atoms with E-state index >= 15 is 0 Å². The Balaban J connectivity index is 2.53. The van der Waals surface area contributed by atoms with E-state index < -0.39 is 6.29 Å². The summed E-state index contributed by atoms with van der Waals surface area (Å²) in [6.07, 6.45) is 1.51. The minimum atomic E-state index is -0.414. The molecule has 1 rings (SSSR count). The zero-order chi connectivity index (χ0) is 14.3. The van der Waals surface area contributed by atoms with Crippen molar-refractivity contribution in [1.82, 2.24) is 9.88 Å². The summed E-state index contributed by atoms with van der Waals surface area (Å²) in [4.78, 5) is 17.6. The highest BCUT2D eigenvalue weighted by atomic mass is 16.7. The topological polar surface area (TPSA) is 60.9 Å². The van der Waals surface area contributed by atoms with Crippen molar-refractivity contribution in [2.24, 2.45) is 0 Å². The number of ether oxygens (including phenoxy) is 3. The van der Waals surface area contributed by atoms with Gasteiger partial charge in [-0.1, -0.05) is 6.07 Å². The van der Waals surface area contributed by atoms with Crippen LogP contribution in [0.3, 0.4) is 0 Å². The molecule has 19 heavy (non-hydrogen) atoms. The number of carbonyl (C=O) groups excluding carboxylic acids is 1. The second-order valence-electron chi connectivity index (χ2n) is 4.06. The van der Waals surface area contributed by atoms with Gasteiger partial charge in [-0.2, -0.15) is 0 Å². The largest absolute Gasteiger partial charge is 0.481 e. The Morgan fingerprint density at radius 1 is 1.32 bits per heavy atom. The van der Waals surface area contributed by atoms with Gasteiger partial charge in [0, 0.05) is 33.5 Å². The van der Waals surface area contributed by atoms with Gasteiger partial charge in [0.05, 0.1) is 20.1 Å². The number of rotatable bonds is 7. The van der Waals surface area contributed by atoms with Crippen LogP contribution in [0.5, 0.6) is 5.88 Å². The summed E-state index contributed by atoms with van der Waals surface area (Å²) in [5, 5.41) is 0. The normalized spacial score (nSPS) is 10.6. The number of methoxy groups -OCH3 is 3. The molecule has 0 aliphatic carbocycles. The number of aromatic nitrogens is 1. The lowest BCUT2D eigenvalue weighted by Crippen LogP contribution is -2.36. The van der Waals surface area contributed by atoms with Crippen molar-refractivity contribution in [3.63, 3.8) is 0 Å². The smallest absolute Gasteiger partial charge is 0.226 e. The van der Waals surface area contributed by atoms with Crippen LogP contribution in [0.1, 0.15) is 5.56 Å². The number of carbonyl (C=O) groups is 1. The Morgan fingerprint density at radius 3 is 2.47 bits per heavy atom. The molecule has 0 fully saturated rings. The Kier molecular flexibility index (Phi) is 6.24. The standard InChI is InChI=1S/C13H20N2O4/c1-15(9-13(18-3)19-4)12(16)7-10-5-6-11(17-2)14-8-10/h5-6,8,13H,7,9H2,1-4H3. The lowest BCUT2D eigenvalue weighted by atomic mass is 10.2. The highest BCUT2D eigenvalue weighted by Gasteiger charge is 2.15. The molecule has 0 N–H and O–H groups in total. The molecule has 0 saturated heterocycles. The molecule has 1 aromatic rings. The van der Waals surface area contributed by atoms with Crippen molar-refractivity contribution in [2.45, 2.75) is 12.7 Å². The van der Waals surface area contributed by atoms with E-state index in [0.29, 0.717) is 12.4 Å². The first-order valence-electron chi connectivity index (χ1n) is 5.89. The third-order valence-electron chi connectivity index (χ3n) is 2.74. The maximum atomic E-state index is 12.0. The molecule has 1 aromatic heterocycles. The average molecular weight is 268 g/mol. The molecule has 0 unspecified atom stereocenters. The predicted molar refractivity (Wildman–Crippen MR) is 69.9 cm³/mol. The number of pyridine rings is 1. The molecule has 106 valence electrons. The van der Waals surface area contributed by atoms with Crippen molar-refractivity contribution >= 4 is 5.91 Å². The molecule has 0 aliphatic rings. The Labute approximate surface area is 113 Å². The summed E-state index contributed by atoms with van der Waals surface area (Å²) >= 11 is 0. The molecule has 0 saturated carbocycles. The van der Waals surface area contributed by atoms with E-state index in [2.05, 4.69) is 4.98 Å². The predicted octanol–water partition coefficient (Wildman–Crippen LogP) is 0.710. The van der Waals surface area contributed by atoms with Crippen LogP contribution < -0.4 is 4.74 Å². The summed E-state index contributed by atoms with van der Waals surface area (Å²) < 4.78 is 15.1. The maximum Gasteiger partial charge on any atom is 0.226 e. The van der Waals surface area contributed by atoms with Gasteiger partial charge in [0.1, 0.15) is 0 Å². The monoisotopic (exact) mass is 268 g/mol. The molecular formula is C13H20N2O4. The quantitative estimate of drug-likeness (QED) is 0.682. The van der Waals surface area contributed by atoms with Crippen molar-refractivity contribution in [2.75, 3.05) is 34.9 Å². The van der Waals surface area contributed by atoms with E-state index in [-0.39, 0.29) is 12.3 Å². The van der Waals surface area contributed by atoms with Crippen LogP contribution in [0.2, 0.25) is 0 Å². The van der Waals surface area contributed by atoms with Crippen LogP contribution >= 0.6 is 0 Å². The van der Waals surface area contributed by atoms with Crippen molar-refractivity contribution in [3.05, 3.63) is 23.9 Å². The van der Waals surface area contributed by atoms with Crippen molar-refractivity contribution in [3.8, 4) is 5.88 Å². The maximum absolute atomic E-state index is 12.0. The van der Waals surface area contributed by atoms with Gasteiger partial charge in [0.15, 0.2) is 6.29 Å². The summed E-state index contributed by atoms with van der Waals surface area (Å²) in [5.41, 5.74) is 0.837. The van der Waals surface area contributed by atoms with Gasteiger partial charge in [-0.15, -0.1) is 0 Å². The Bertz CT molecular complexity index is 390. The van der Waals surface area contributed by atoms with E-state index in [1.165, 1.54) is 0 Å². The first kappa shape index (κ1) is 15.4. The molecule has 6 nitrogen and oxygen atoms in total. The molecule has 0 aliphatic heterocycles. The second kappa shape index (κ2) is 7.70. The van der Waals surface area contributed by atoms with Crippen molar-refractivity contribution in [1.29, 1.82) is 0 Å². The van der Waals surface area contributed by atoms with Gasteiger partial charge in [-0.3, -0.25) is 4.79 Å². The fourth-order valence-corrected chi connectivity index (χ4v) is 1.52. The van der Waals surface area contributed by atoms with Crippen molar-refractivity contribution < 1.29 is 19.0 Å². The Morgan fingerprint density at radius 2 is 2.00 bits per heavy atom. The number of likely N-dealkylation sites (N-methyl/N-ethyl adjacent to an activating group) is 1. The Hall–Kier alpha value is -1.66. The molecule has 0 atom stereocenters. The summed E-state index contributed by atoms with van der Waals surface area (Å²) in [5.74, 6) is 0.509. The van der Waals surface area contributed by atoms with Crippen LogP contribution in [0.4, 0.5) is 0 Å². The van der Waals surface area contributed by atoms with Gasteiger partial charge in [0.2, 0.25) is 11.8 Å². The van der Waals surface area contributed by atoms with Crippen LogP contribution in [0, 0.1) is 0 Å². The minimum Gasteiger partial charge on any atom is -0.481 e. The zero-order valence-electron chi connectivity index (χ0n) is 11.8. The van der Waals surface area contributed by atoms with E-state index in [1.54, 1.807) is 45.5 Å². The lowest BCUT2D eigenvalue weighted by Gasteiger charge is -2.22. The van der Waals surface area contributed by atoms with Gasteiger partial charge in [-0.25, -0.2) is 4.98 Å². The first-order valence-corrected chi connectivity index (χ1v) is 5.89. The lowest BCUT2D eigenvalue weighted by molar-refractivity contribution is -0.142. The molecule has 6 heteroatoms. The second-order valence-corrected chi connectivity index (χ2v) is 4.06. The van der Waals surface area contributed by atoms with Gasteiger partial charge >= 0.3 is 0 Å². The average Bonchev–Trinajstić information content (AvgIpc) is 2.45. The van der Waals surface area contributed by atoms with E-state index in [0.717, 1.165) is 5.56 Å². The molecule has 0 spiro atoms. The summed E-state index contributed by atoms with van der Waals surface area (Å²) in [6, 6.07) is 3.55. The van der Waals surface area contributed by atoms with E-state index in [1.807, 2.05) is 6.07 Å². The number of nitrogens with zero attached hydrogens (tertiary/aromatic N) is 2. The molecule has 0 aromatic carbocycles. The fourth-order valence-electron chi connectivity index (χ4n) is 1.52. The SMILES string of the molecule is COc1ccc(CC(=O)N(C)CC(OC)OC)cn1.